The second-order valence-electron chi connectivity index (χ2n) is 13.7. The van der Waals surface area contributed by atoms with E-state index >= 15 is 0 Å². The zero-order chi connectivity index (χ0) is 37.6. The smallest absolute Gasteiger partial charge is 0.309 e. The summed E-state index contributed by atoms with van der Waals surface area (Å²) in [6.45, 7) is 10.2. The number of unbranched alkanes of at least 4 members (excludes halogenated alkanes) is 4. The summed E-state index contributed by atoms with van der Waals surface area (Å²) < 4.78 is 41.0. The van der Waals surface area contributed by atoms with Crippen molar-refractivity contribution in [3.63, 3.8) is 0 Å². The lowest BCUT2D eigenvalue weighted by Crippen LogP contribution is -2.65. The van der Waals surface area contributed by atoms with E-state index in [9.17, 15) is 39.6 Å². The number of aliphatic hydroxyl groups excluding tert-OH is 4. The molecule has 15 nitrogen and oxygen atoms in total. The molecule has 290 valence electrons. The minimum Gasteiger partial charge on any atom is -0.463 e. The van der Waals surface area contributed by atoms with E-state index in [0.29, 0.717) is 19.3 Å². The molecule has 0 bridgehead atoms. The molecule has 4 N–H and O–H groups in total. The first-order chi connectivity index (χ1) is 23.7. The predicted molar refractivity (Wildman–Crippen MR) is 176 cm³/mol. The molecule has 0 spiro atoms. The van der Waals surface area contributed by atoms with Gasteiger partial charge in [-0.1, -0.05) is 74.1 Å². The molecule has 0 radical (unpaired) electrons. The summed E-state index contributed by atoms with van der Waals surface area (Å²) in [4.78, 5) is 52.6. The van der Waals surface area contributed by atoms with E-state index in [1.165, 1.54) is 0 Å². The van der Waals surface area contributed by atoms with Gasteiger partial charge in [-0.15, -0.1) is 0 Å². The molecule has 0 aromatic carbocycles. The Morgan fingerprint density at radius 2 is 1.38 bits per heavy atom. The maximum absolute atomic E-state index is 13.4. The van der Waals surface area contributed by atoms with Gasteiger partial charge in [0.25, 0.3) is 0 Å². The van der Waals surface area contributed by atoms with E-state index in [1.54, 1.807) is 41.5 Å². The van der Waals surface area contributed by atoms with Crippen molar-refractivity contribution in [3.05, 3.63) is 0 Å². The summed E-state index contributed by atoms with van der Waals surface area (Å²) in [5, 5.41) is 41.6. The molecule has 0 unspecified atom stereocenters. The van der Waals surface area contributed by atoms with Crippen LogP contribution in [0, 0.1) is 17.8 Å². The van der Waals surface area contributed by atoms with Crippen LogP contribution in [0.15, 0.2) is 0 Å². The molecule has 11 atom stereocenters. The number of rotatable bonds is 21. The van der Waals surface area contributed by atoms with Gasteiger partial charge in [0.2, 0.25) is 12.1 Å². The average Bonchev–Trinajstić information content (AvgIpc) is 3.33. The van der Waals surface area contributed by atoms with Crippen molar-refractivity contribution in [3.8, 4) is 0 Å². The van der Waals surface area contributed by atoms with Gasteiger partial charge in [0.15, 0.2) is 18.3 Å². The summed E-state index contributed by atoms with van der Waals surface area (Å²) in [5.74, 6) is -6.38. The van der Waals surface area contributed by atoms with Gasteiger partial charge in [-0.25, -0.2) is 0 Å². The first kappa shape index (κ1) is 43.8. The quantitative estimate of drug-likeness (QED) is 0.0761. The van der Waals surface area contributed by atoms with Crippen LogP contribution in [-0.4, -0.2) is 119 Å². The van der Waals surface area contributed by atoms with Gasteiger partial charge < -0.3 is 53.6 Å². The maximum atomic E-state index is 13.4. The minimum atomic E-state index is -2.41. The summed E-state index contributed by atoms with van der Waals surface area (Å²) in [6.07, 6.45) is -7.94. The zero-order valence-electron chi connectivity index (χ0n) is 30.6. The van der Waals surface area contributed by atoms with Crippen LogP contribution in [-0.2, 0) is 52.3 Å². The second-order valence-corrected chi connectivity index (χ2v) is 13.7. The number of carbonyl (C=O) groups is 4. The lowest BCUT2D eigenvalue weighted by Gasteiger charge is -2.46. The Morgan fingerprint density at radius 1 is 0.760 bits per heavy atom. The third-order valence-corrected chi connectivity index (χ3v) is 9.08. The molecule has 2 heterocycles. The van der Waals surface area contributed by atoms with E-state index in [2.05, 4.69) is 6.92 Å². The van der Waals surface area contributed by atoms with Gasteiger partial charge in [0.1, 0.15) is 37.6 Å². The first-order valence-corrected chi connectivity index (χ1v) is 18.0. The van der Waals surface area contributed by atoms with E-state index < -0.39 is 110 Å². The van der Waals surface area contributed by atoms with Crippen molar-refractivity contribution in [1.29, 1.82) is 0 Å². The highest BCUT2D eigenvalue weighted by Crippen LogP contribution is 2.38. The summed E-state index contributed by atoms with van der Waals surface area (Å²) >= 11 is 0. The highest BCUT2D eigenvalue weighted by molar-refractivity contribution is 5.73. The number of hydrogen-bond acceptors (Lipinski definition) is 15. The lowest BCUT2D eigenvalue weighted by molar-refractivity contribution is -0.384. The molecule has 2 aliphatic heterocycles. The van der Waals surface area contributed by atoms with Gasteiger partial charge in [-0.3, -0.25) is 19.2 Å². The summed E-state index contributed by atoms with van der Waals surface area (Å²) in [6, 6.07) is 0. The summed E-state index contributed by atoms with van der Waals surface area (Å²) in [7, 11) is 0. The lowest BCUT2D eigenvalue weighted by atomic mass is 9.97. The standard InChI is InChI=1S/C35H60O15/c1-8-11-12-13-14-15-25(38)46-29-28(47-26(39)16-20(4)5)24(18-44-32(42)21(6)9-2)45-34(30(29)48-33(43)22(7)10-3)50-35(19-37)31(41)27(40)23(17-36)49-35/h20-24,27-31,34,36-37,40-41H,8-19H2,1-7H3/t21-,22-,23-,24-,27-,28-,29+,30-,31+,34-,35+/m1/s1. The Kier molecular flexibility index (Phi) is 18.6. The van der Waals surface area contributed by atoms with E-state index in [-0.39, 0.29) is 18.8 Å². The fourth-order valence-corrected chi connectivity index (χ4v) is 5.48. The van der Waals surface area contributed by atoms with E-state index in [4.69, 9.17) is 33.2 Å². The molecule has 0 aromatic rings. The molecular formula is C35H60O15. The van der Waals surface area contributed by atoms with Crippen molar-refractivity contribution in [2.45, 2.75) is 161 Å². The van der Waals surface area contributed by atoms with Gasteiger partial charge in [-0.05, 0) is 25.2 Å². The average molecular weight is 721 g/mol. The number of hydrogen-bond donors (Lipinski definition) is 4. The molecule has 2 fully saturated rings. The highest BCUT2D eigenvalue weighted by atomic mass is 16.8. The van der Waals surface area contributed by atoms with Gasteiger partial charge in [0.05, 0.1) is 18.4 Å². The number of carbonyl (C=O) groups excluding carboxylic acids is 4. The minimum absolute atomic E-state index is 0.00821. The van der Waals surface area contributed by atoms with Crippen LogP contribution in [0.2, 0.25) is 0 Å². The fourth-order valence-electron chi connectivity index (χ4n) is 5.48. The van der Waals surface area contributed by atoms with Crippen LogP contribution < -0.4 is 0 Å². The Bertz CT molecular complexity index is 1070. The zero-order valence-corrected chi connectivity index (χ0v) is 30.6. The van der Waals surface area contributed by atoms with Gasteiger partial charge in [-0.2, -0.15) is 0 Å². The van der Waals surface area contributed by atoms with Crippen molar-refractivity contribution in [1.82, 2.24) is 0 Å². The van der Waals surface area contributed by atoms with E-state index in [1.807, 2.05) is 0 Å². The second kappa shape index (κ2) is 21.2. The molecule has 0 aromatic heterocycles. The fraction of sp³-hybridized carbons (Fsp3) is 0.886. The van der Waals surface area contributed by atoms with Crippen LogP contribution in [0.4, 0.5) is 0 Å². The van der Waals surface area contributed by atoms with Crippen molar-refractivity contribution >= 4 is 23.9 Å². The first-order valence-electron chi connectivity index (χ1n) is 18.0. The Morgan fingerprint density at radius 3 is 1.94 bits per heavy atom. The molecular weight excluding hydrogens is 660 g/mol. The molecule has 0 saturated carbocycles. The Hall–Kier alpha value is -2.40. The van der Waals surface area contributed by atoms with Gasteiger partial charge in [0, 0.05) is 12.8 Å². The van der Waals surface area contributed by atoms with Crippen LogP contribution in [0.5, 0.6) is 0 Å². The maximum Gasteiger partial charge on any atom is 0.309 e. The number of esters is 4. The monoisotopic (exact) mass is 720 g/mol. The van der Waals surface area contributed by atoms with Crippen molar-refractivity contribution in [2.24, 2.45) is 17.8 Å². The molecule has 0 aliphatic carbocycles. The van der Waals surface area contributed by atoms with Crippen molar-refractivity contribution in [2.75, 3.05) is 19.8 Å². The van der Waals surface area contributed by atoms with Crippen LogP contribution in [0.3, 0.4) is 0 Å². The molecule has 0 amide bonds. The molecule has 15 heteroatoms. The van der Waals surface area contributed by atoms with Crippen molar-refractivity contribution < 1.29 is 72.8 Å². The largest absolute Gasteiger partial charge is 0.463 e. The van der Waals surface area contributed by atoms with Gasteiger partial charge >= 0.3 is 23.9 Å². The Balaban J connectivity index is 2.65. The number of ether oxygens (including phenoxy) is 7. The third-order valence-electron chi connectivity index (χ3n) is 9.08. The van der Waals surface area contributed by atoms with Crippen LogP contribution in [0.1, 0.15) is 106 Å². The van der Waals surface area contributed by atoms with Crippen LogP contribution >= 0.6 is 0 Å². The predicted octanol–water partition coefficient (Wildman–Crippen LogP) is 2.31. The Labute approximate surface area is 295 Å². The molecule has 2 saturated heterocycles. The summed E-state index contributed by atoms with van der Waals surface area (Å²) in [5.41, 5.74) is 0. The van der Waals surface area contributed by atoms with E-state index in [0.717, 1.165) is 25.7 Å². The third kappa shape index (κ3) is 12.1. The molecule has 2 rings (SSSR count). The van der Waals surface area contributed by atoms with Crippen LogP contribution in [0.25, 0.3) is 0 Å². The topological polar surface area (TPSA) is 214 Å². The molecule has 2 aliphatic rings. The SMILES string of the molecule is CCCCCCCC(=O)O[C@@H]1[C@@H](OC(=O)[C@H](C)CC)[C@@H](O[C@]2(CO)O[C@H](CO)[C@@H](O)[C@@H]2O)O[C@H](COC(=O)[C@H](C)CC)[C@H]1OC(=O)CC(C)C. The highest BCUT2D eigenvalue weighted by Gasteiger charge is 2.61. The normalized spacial score (nSPS) is 30.8. The number of aliphatic hydroxyl groups is 4. The molecule has 50 heavy (non-hydrogen) atoms.